The van der Waals surface area contributed by atoms with Crippen LogP contribution in [0.15, 0.2) is 36.4 Å². The first kappa shape index (κ1) is 21.8. The first-order valence-corrected chi connectivity index (χ1v) is 10.6. The first-order valence-electron chi connectivity index (χ1n) is 8.96. The second kappa shape index (κ2) is 10.7. The fourth-order valence-electron chi connectivity index (χ4n) is 2.41. The molecule has 3 N–H and O–H groups in total. The zero-order valence-electron chi connectivity index (χ0n) is 15.2. The van der Waals surface area contributed by atoms with Crippen LogP contribution in [0.3, 0.4) is 0 Å². The standard InChI is InChI=1S/C19H31NO4S/c1-3-4-5-6-7-11-16-25(23,24)20-17(2)19(21,22)15-14-18-12-9-8-10-13-18/h8-10,12-15,17,20-22H,3-7,11,16H2,1-2H3/b15-14+. The molecule has 1 atom stereocenters. The van der Waals surface area contributed by atoms with E-state index in [0.29, 0.717) is 6.42 Å². The Morgan fingerprint density at radius 1 is 1.08 bits per heavy atom. The largest absolute Gasteiger partial charge is 0.361 e. The molecule has 0 aliphatic heterocycles. The van der Waals surface area contributed by atoms with Gasteiger partial charge in [-0.05, 0) is 25.0 Å². The van der Waals surface area contributed by atoms with Crippen molar-refractivity contribution in [1.29, 1.82) is 0 Å². The fourth-order valence-corrected chi connectivity index (χ4v) is 3.83. The van der Waals surface area contributed by atoms with E-state index < -0.39 is 21.9 Å². The van der Waals surface area contributed by atoms with Gasteiger partial charge in [0.15, 0.2) is 5.79 Å². The first-order chi connectivity index (χ1) is 11.8. The molecule has 1 aromatic rings. The second-order valence-corrected chi connectivity index (χ2v) is 8.33. The summed E-state index contributed by atoms with van der Waals surface area (Å²) in [6.45, 7) is 3.58. The molecule has 1 aromatic carbocycles. The van der Waals surface area contributed by atoms with Crippen molar-refractivity contribution in [2.75, 3.05) is 5.75 Å². The van der Waals surface area contributed by atoms with Crippen molar-refractivity contribution in [2.45, 2.75) is 64.2 Å². The van der Waals surface area contributed by atoms with Crippen molar-refractivity contribution in [1.82, 2.24) is 4.72 Å². The minimum atomic E-state index is -3.54. The monoisotopic (exact) mass is 369 g/mol. The maximum Gasteiger partial charge on any atom is 0.212 e. The van der Waals surface area contributed by atoms with Crippen LogP contribution in [0.25, 0.3) is 6.08 Å². The summed E-state index contributed by atoms with van der Waals surface area (Å²) in [7, 11) is -3.54. The smallest absolute Gasteiger partial charge is 0.212 e. The average Bonchev–Trinajstić information content (AvgIpc) is 2.57. The normalized spacial score (nSPS) is 14.1. The van der Waals surface area contributed by atoms with E-state index in [4.69, 9.17) is 0 Å². The van der Waals surface area contributed by atoms with Crippen molar-refractivity contribution in [3.05, 3.63) is 42.0 Å². The number of rotatable bonds is 12. The number of aliphatic hydroxyl groups is 2. The lowest BCUT2D eigenvalue weighted by Crippen LogP contribution is -2.50. The van der Waals surface area contributed by atoms with Gasteiger partial charge in [0.1, 0.15) is 0 Å². The van der Waals surface area contributed by atoms with E-state index in [2.05, 4.69) is 11.6 Å². The molecule has 0 aliphatic carbocycles. The van der Waals surface area contributed by atoms with E-state index in [9.17, 15) is 18.6 Å². The number of nitrogens with one attached hydrogen (secondary N) is 1. The van der Waals surface area contributed by atoms with Gasteiger partial charge in [0.25, 0.3) is 0 Å². The summed E-state index contributed by atoms with van der Waals surface area (Å²) in [5.74, 6) is -2.26. The summed E-state index contributed by atoms with van der Waals surface area (Å²) in [6, 6.07) is 8.13. The van der Waals surface area contributed by atoms with Crippen LogP contribution in [0, 0.1) is 0 Å². The molecule has 1 rings (SSSR count). The van der Waals surface area contributed by atoms with Crippen LogP contribution >= 0.6 is 0 Å². The number of benzene rings is 1. The highest BCUT2D eigenvalue weighted by Crippen LogP contribution is 2.13. The Bertz CT molecular complexity index is 612. The fraction of sp³-hybridized carbons (Fsp3) is 0.579. The highest BCUT2D eigenvalue weighted by atomic mass is 32.2. The van der Waals surface area contributed by atoms with E-state index in [0.717, 1.165) is 31.2 Å². The Morgan fingerprint density at radius 2 is 1.68 bits per heavy atom. The van der Waals surface area contributed by atoms with Crippen LogP contribution in [-0.2, 0) is 10.0 Å². The van der Waals surface area contributed by atoms with Crippen LogP contribution in [0.5, 0.6) is 0 Å². The highest BCUT2D eigenvalue weighted by molar-refractivity contribution is 7.89. The molecule has 0 saturated carbocycles. The molecule has 0 amide bonds. The van der Waals surface area contributed by atoms with Gasteiger partial charge in [0.2, 0.25) is 10.0 Å². The average molecular weight is 370 g/mol. The summed E-state index contributed by atoms with van der Waals surface area (Å²) in [5.41, 5.74) is 0.803. The maximum atomic E-state index is 12.1. The third-order valence-electron chi connectivity index (χ3n) is 4.08. The Balaban J connectivity index is 2.48. The predicted molar refractivity (Wildman–Crippen MR) is 102 cm³/mol. The predicted octanol–water partition coefficient (Wildman–Crippen LogP) is 3.05. The number of sulfonamides is 1. The molecule has 25 heavy (non-hydrogen) atoms. The van der Waals surface area contributed by atoms with Crippen molar-refractivity contribution < 1.29 is 18.6 Å². The molecule has 6 heteroatoms. The Morgan fingerprint density at radius 3 is 2.32 bits per heavy atom. The molecule has 0 saturated heterocycles. The molecule has 0 spiro atoms. The summed E-state index contributed by atoms with van der Waals surface area (Å²) in [6.07, 6.45) is 8.68. The summed E-state index contributed by atoms with van der Waals surface area (Å²) >= 11 is 0. The lowest BCUT2D eigenvalue weighted by atomic mass is 10.1. The quantitative estimate of drug-likeness (QED) is 0.390. The van der Waals surface area contributed by atoms with Gasteiger partial charge in [0, 0.05) is 0 Å². The molecule has 0 fully saturated rings. The zero-order valence-corrected chi connectivity index (χ0v) is 16.0. The minimum Gasteiger partial charge on any atom is -0.361 e. The third-order valence-corrected chi connectivity index (χ3v) is 5.62. The molecule has 0 aliphatic rings. The van der Waals surface area contributed by atoms with Gasteiger partial charge in [-0.25, -0.2) is 13.1 Å². The van der Waals surface area contributed by atoms with Crippen LogP contribution in [0.1, 0.15) is 57.9 Å². The van der Waals surface area contributed by atoms with E-state index in [1.54, 1.807) is 6.08 Å². The molecule has 1 unspecified atom stereocenters. The summed E-state index contributed by atoms with van der Waals surface area (Å²) < 4.78 is 26.5. The zero-order chi connectivity index (χ0) is 18.8. The highest BCUT2D eigenvalue weighted by Gasteiger charge is 2.31. The molecule has 0 aromatic heterocycles. The van der Waals surface area contributed by atoms with E-state index >= 15 is 0 Å². The number of hydrogen-bond donors (Lipinski definition) is 3. The van der Waals surface area contributed by atoms with Crippen molar-refractivity contribution in [2.24, 2.45) is 0 Å². The lowest BCUT2D eigenvalue weighted by molar-refractivity contribution is -0.133. The molecule has 0 radical (unpaired) electrons. The van der Waals surface area contributed by atoms with Crippen LogP contribution < -0.4 is 4.72 Å². The van der Waals surface area contributed by atoms with Crippen LogP contribution in [-0.4, -0.2) is 36.2 Å². The van der Waals surface area contributed by atoms with Crippen LogP contribution in [0.2, 0.25) is 0 Å². The second-order valence-electron chi connectivity index (χ2n) is 6.45. The van der Waals surface area contributed by atoms with E-state index in [-0.39, 0.29) is 5.75 Å². The van der Waals surface area contributed by atoms with Crippen molar-refractivity contribution in [3.63, 3.8) is 0 Å². The Labute approximate surface area is 151 Å². The van der Waals surface area contributed by atoms with Gasteiger partial charge in [-0.2, -0.15) is 0 Å². The molecule has 5 nitrogen and oxygen atoms in total. The van der Waals surface area contributed by atoms with Gasteiger partial charge in [-0.3, -0.25) is 0 Å². The maximum absolute atomic E-state index is 12.1. The van der Waals surface area contributed by atoms with Crippen molar-refractivity contribution in [3.8, 4) is 0 Å². The minimum absolute atomic E-state index is 0.00193. The summed E-state index contributed by atoms with van der Waals surface area (Å²) in [4.78, 5) is 0. The molecule has 142 valence electrons. The van der Waals surface area contributed by atoms with Gasteiger partial charge in [-0.1, -0.05) is 75.4 Å². The lowest BCUT2D eigenvalue weighted by Gasteiger charge is -2.26. The van der Waals surface area contributed by atoms with Gasteiger partial charge >= 0.3 is 0 Å². The van der Waals surface area contributed by atoms with Crippen molar-refractivity contribution >= 4 is 16.1 Å². The van der Waals surface area contributed by atoms with E-state index in [1.165, 1.54) is 19.4 Å². The van der Waals surface area contributed by atoms with Gasteiger partial charge in [0.05, 0.1) is 11.8 Å². The molecular weight excluding hydrogens is 338 g/mol. The SMILES string of the molecule is CCCCCCCCS(=O)(=O)NC(C)C(O)(O)/C=C/c1ccccc1. The third kappa shape index (κ3) is 9.16. The molecule has 0 heterocycles. The van der Waals surface area contributed by atoms with Gasteiger partial charge in [-0.15, -0.1) is 0 Å². The number of hydrogen-bond acceptors (Lipinski definition) is 4. The van der Waals surface area contributed by atoms with E-state index in [1.807, 2.05) is 30.3 Å². The summed E-state index contributed by atoms with van der Waals surface area (Å²) in [5, 5.41) is 20.2. The molecular formula is C19H31NO4S. The Hall–Kier alpha value is -1.21. The number of unbranched alkanes of at least 4 members (excludes halogenated alkanes) is 5. The van der Waals surface area contributed by atoms with Gasteiger partial charge < -0.3 is 10.2 Å². The molecule has 0 bridgehead atoms. The van der Waals surface area contributed by atoms with Crippen LogP contribution in [0.4, 0.5) is 0 Å². The topological polar surface area (TPSA) is 86.6 Å². The Kier molecular flexibility index (Phi) is 9.35.